The van der Waals surface area contributed by atoms with E-state index >= 15 is 0 Å². The summed E-state index contributed by atoms with van der Waals surface area (Å²) in [6, 6.07) is 14.4. The molecule has 140 valence electrons. The Morgan fingerprint density at radius 3 is 1.88 bits per heavy atom. The lowest BCUT2D eigenvalue weighted by molar-refractivity contribution is 0.349. The predicted molar refractivity (Wildman–Crippen MR) is 111 cm³/mol. The zero-order valence-corrected chi connectivity index (χ0v) is 17.2. The molecule has 0 bridgehead atoms. The van der Waals surface area contributed by atoms with Crippen molar-refractivity contribution < 1.29 is 5.11 Å². The van der Waals surface area contributed by atoms with Gasteiger partial charge in [0.2, 0.25) is 0 Å². The van der Waals surface area contributed by atoms with Crippen molar-refractivity contribution in [3.8, 4) is 5.75 Å². The molecule has 0 radical (unpaired) electrons. The van der Waals surface area contributed by atoms with E-state index in [1.165, 1.54) is 5.56 Å². The van der Waals surface area contributed by atoms with Gasteiger partial charge in [0.15, 0.2) is 0 Å². The third kappa shape index (κ3) is 5.10. The first-order chi connectivity index (χ1) is 12.0. The Hall–Kier alpha value is -2.29. The van der Waals surface area contributed by atoms with E-state index in [2.05, 4.69) is 58.8 Å². The van der Waals surface area contributed by atoms with Crippen LogP contribution in [0.15, 0.2) is 47.6 Å². The van der Waals surface area contributed by atoms with Gasteiger partial charge in [0, 0.05) is 18.2 Å². The van der Waals surface area contributed by atoms with Gasteiger partial charge in [-0.3, -0.25) is 5.01 Å². The molecular weight excluding hydrogens is 320 g/mol. The number of hydrogen-bond donors (Lipinski definition) is 1. The van der Waals surface area contributed by atoms with Gasteiger partial charge in [0.05, 0.1) is 12.8 Å². The molecule has 3 heteroatoms. The van der Waals surface area contributed by atoms with E-state index in [0.29, 0.717) is 5.75 Å². The predicted octanol–water partition coefficient (Wildman–Crippen LogP) is 5.45. The van der Waals surface area contributed by atoms with Crippen molar-refractivity contribution in [1.29, 1.82) is 0 Å². The number of nitrogens with zero attached hydrogens (tertiary/aromatic N) is 2. The quantitative estimate of drug-likeness (QED) is 0.586. The molecule has 0 amide bonds. The lowest BCUT2D eigenvalue weighted by Crippen LogP contribution is -2.18. The molecular formula is C23H32N2O. The third-order valence-electron chi connectivity index (χ3n) is 4.41. The normalized spacial score (nSPS) is 12.6. The topological polar surface area (TPSA) is 35.8 Å². The summed E-state index contributed by atoms with van der Waals surface area (Å²) in [6.45, 7) is 13.5. The summed E-state index contributed by atoms with van der Waals surface area (Å²) in [5.41, 5.74) is 3.88. The van der Waals surface area contributed by atoms with Gasteiger partial charge in [-0.15, -0.1) is 0 Å². The van der Waals surface area contributed by atoms with E-state index in [1.54, 1.807) is 0 Å². The van der Waals surface area contributed by atoms with Crippen LogP contribution in [0.4, 0.5) is 0 Å². The van der Waals surface area contributed by atoms with E-state index < -0.39 is 0 Å². The maximum absolute atomic E-state index is 10.8. The number of benzene rings is 2. The van der Waals surface area contributed by atoms with Crippen LogP contribution in [0.3, 0.4) is 0 Å². The van der Waals surface area contributed by atoms with Crippen molar-refractivity contribution in [1.82, 2.24) is 5.01 Å². The molecule has 0 aliphatic heterocycles. The van der Waals surface area contributed by atoms with E-state index in [0.717, 1.165) is 23.2 Å². The molecule has 0 unspecified atom stereocenters. The summed E-state index contributed by atoms with van der Waals surface area (Å²) in [5, 5.41) is 17.3. The zero-order chi connectivity index (χ0) is 19.5. The molecule has 0 aromatic heterocycles. The largest absolute Gasteiger partial charge is 0.507 e. The fourth-order valence-corrected chi connectivity index (χ4v) is 2.93. The van der Waals surface area contributed by atoms with Crippen LogP contribution in [0.1, 0.15) is 63.8 Å². The van der Waals surface area contributed by atoms with Crippen LogP contribution in [0.2, 0.25) is 0 Å². The number of hydrazone groups is 1. The van der Waals surface area contributed by atoms with Crippen LogP contribution in [0, 0.1) is 0 Å². The van der Waals surface area contributed by atoms with Crippen molar-refractivity contribution in [3.05, 3.63) is 64.7 Å². The number of rotatable bonds is 4. The van der Waals surface area contributed by atoms with Crippen molar-refractivity contribution in [2.24, 2.45) is 5.10 Å². The molecule has 0 spiro atoms. The van der Waals surface area contributed by atoms with Crippen molar-refractivity contribution in [3.63, 3.8) is 0 Å². The standard InChI is InChI=1S/C23H32N2O/c1-22(2,3)19-13-18(14-20(21(19)26)23(4,5)6)15-24-25(7)16-17-11-9-8-10-12-17/h8-15,26H,16H2,1-7H3. The van der Waals surface area contributed by atoms with E-state index in [9.17, 15) is 5.11 Å². The van der Waals surface area contributed by atoms with E-state index in [1.807, 2.05) is 48.6 Å². The van der Waals surface area contributed by atoms with Crippen LogP contribution < -0.4 is 0 Å². The lowest BCUT2D eigenvalue weighted by Gasteiger charge is -2.27. The van der Waals surface area contributed by atoms with Gasteiger partial charge < -0.3 is 5.11 Å². The minimum absolute atomic E-state index is 0.135. The van der Waals surface area contributed by atoms with Crippen LogP contribution >= 0.6 is 0 Å². The Kier molecular flexibility index (Phi) is 5.80. The maximum atomic E-state index is 10.8. The molecule has 0 saturated heterocycles. The molecule has 2 aromatic carbocycles. The summed E-state index contributed by atoms with van der Waals surface area (Å²) in [5.74, 6) is 0.403. The average Bonchev–Trinajstić information content (AvgIpc) is 2.52. The first-order valence-corrected chi connectivity index (χ1v) is 9.15. The molecule has 3 nitrogen and oxygen atoms in total. The SMILES string of the molecule is CN(Cc1ccccc1)N=Cc1cc(C(C)(C)C)c(O)c(C(C)(C)C)c1. The molecule has 0 aliphatic rings. The van der Waals surface area contributed by atoms with Crippen LogP contribution in [0.25, 0.3) is 0 Å². The van der Waals surface area contributed by atoms with Gasteiger partial charge in [-0.25, -0.2) is 0 Å². The minimum Gasteiger partial charge on any atom is -0.507 e. The summed E-state index contributed by atoms with van der Waals surface area (Å²) >= 11 is 0. The molecule has 0 aliphatic carbocycles. The Morgan fingerprint density at radius 1 is 0.923 bits per heavy atom. The average molecular weight is 353 g/mol. The third-order valence-corrected chi connectivity index (χ3v) is 4.41. The van der Waals surface area contributed by atoms with Crippen LogP contribution in [-0.2, 0) is 17.4 Å². The maximum Gasteiger partial charge on any atom is 0.123 e. The number of phenolic OH excluding ortho intramolecular Hbond substituents is 1. The Morgan fingerprint density at radius 2 is 1.42 bits per heavy atom. The molecule has 0 heterocycles. The Balaban J connectivity index is 2.33. The molecule has 0 fully saturated rings. The summed E-state index contributed by atoms with van der Waals surface area (Å²) < 4.78 is 0. The van der Waals surface area contributed by atoms with Gasteiger partial charge in [-0.1, -0.05) is 71.9 Å². The fourth-order valence-electron chi connectivity index (χ4n) is 2.93. The second-order valence-corrected chi connectivity index (χ2v) is 9.01. The fraction of sp³-hybridized carbons (Fsp3) is 0.435. The van der Waals surface area contributed by atoms with E-state index in [-0.39, 0.29) is 10.8 Å². The Labute approximate surface area is 158 Å². The smallest absolute Gasteiger partial charge is 0.123 e. The van der Waals surface area contributed by atoms with Gasteiger partial charge in [0.1, 0.15) is 5.75 Å². The van der Waals surface area contributed by atoms with Crippen molar-refractivity contribution >= 4 is 6.21 Å². The highest BCUT2D eigenvalue weighted by Crippen LogP contribution is 2.39. The second kappa shape index (κ2) is 7.53. The molecule has 2 aromatic rings. The van der Waals surface area contributed by atoms with Crippen molar-refractivity contribution in [2.75, 3.05) is 7.05 Å². The summed E-state index contributed by atoms with van der Waals surface area (Å²) in [4.78, 5) is 0. The molecule has 1 N–H and O–H groups in total. The summed E-state index contributed by atoms with van der Waals surface area (Å²) in [7, 11) is 1.97. The first-order valence-electron chi connectivity index (χ1n) is 9.15. The number of phenols is 1. The van der Waals surface area contributed by atoms with Gasteiger partial charge in [-0.05, 0) is 34.1 Å². The van der Waals surface area contributed by atoms with Crippen molar-refractivity contribution in [2.45, 2.75) is 58.9 Å². The number of aromatic hydroxyl groups is 1. The first kappa shape index (κ1) is 20.0. The van der Waals surface area contributed by atoms with Gasteiger partial charge >= 0.3 is 0 Å². The second-order valence-electron chi connectivity index (χ2n) is 9.01. The Bertz CT molecular complexity index is 730. The number of hydrogen-bond acceptors (Lipinski definition) is 3. The zero-order valence-electron chi connectivity index (χ0n) is 17.2. The van der Waals surface area contributed by atoms with Crippen LogP contribution in [-0.4, -0.2) is 23.4 Å². The van der Waals surface area contributed by atoms with Crippen LogP contribution in [0.5, 0.6) is 5.75 Å². The highest BCUT2D eigenvalue weighted by atomic mass is 16.3. The van der Waals surface area contributed by atoms with E-state index in [4.69, 9.17) is 0 Å². The lowest BCUT2D eigenvalue weighted by atomic mass is 9.78. The minimum atomic E-state index is -0.135. The van der Waals surface area contributed by atoms with Gasteiger partial charge in [-0.2, -0.15) is 5.10 Å². The highest BCUT2D eigenvalue weighted by molar-refractivity contribution is 5.81. The molecule has 2 rings (SSSR count). The van der Waals surface area contributed by atoms with Gasteiger partial charge in [0.25, 0.3) is 0 Å². The highest BCUT2D eigenvalue weighted by Gasteiger charge is 2.26. The summed E-state index contributed by atoms with van der Waals surface area (Å²) in [6.07, 6.45) is 1.88. The molecule has 0 atom stereocenters. The monoisotopic (exact) mass is 352 g/mol. The molecule has 26 heavy (non-hydrogen) atoms. The molecule has 0 saturated carbocycles.